The maximum atomic E-state index is 12.9. The van der Waals surface area contributed by atoms with Crippen molar-refractivity contribution >= 4 is 39.6 Å². The number of carbonyl (C=O) groups excluding carboxylic acids is 3. The molecule has 0 unspecified atom stereocenters. The van der Waals surface area contributed by atoms with Crippen LogP contribution in [-0.2, 0) is 4.79 Å². The number of fused-ring (bicyclic) bond motifs is 1. The molecule has 0 radical (unpaired) electrons. The molecule has 6 heteroatoms. The Morgan fingerprint density at radius 2 is 1.88 bits per heavy atom. The zero-order valence-corrected chi connectivity index (χ0v) is 13.8. The minimum Gasteiger partial charge on any atom is -0.336 e. The lowest BCUT2D eigenvalue weighted by atomic mass is 10.0. The zero-order valence-electron chi connectivity index (χ0n) is 13.0. The van der Waals surface area contributed by atoms with Gasteiger partial charge in [0, 0.05) is 18.7 Å². The van der Waals surface area contributed by atoms with Crippen molar-refractivity contribution in [1.29, 1.82) is 0 Å². The van der Waals surface area contributed by atoms with E-state index >= 15 is 0 Å². The molecule has 1 atom stereocenters. The van der Waals surface area contributed by atoms with Gasteiger partial charge < -0.3 is 4.90 Å². The van der Waals surface area contributed by atoms with E-state index in [1.54, 1.807) is 4.90 Å². The average molecular weight is 340 g/mol. The second-order valence-corrected chi connectivity index (χ2v) is 6.97. The van der Waals surface area contributed by atoms with Crippen molar-refractivity contribution in [2.45, 2.75) is 12.5 Å². The standard InChI is InChI=1S/C18H16N2O3S/c21-16-11-24-18(23)20(16)13-8-9-19(10-13)17(22)15-7-3-5-12-4-1-2-6-14(12)15/h1-7,13H,8-11H2/t13-/m1/s1. The number of nitrogens with zero attached hydrogens (tertiary/aromatic N) is 2. The van der Waals surface area contributed by atoms with Crippen LogP contribution in [0.5, 0.6) is 0 Å². The lowest BCUT2D eigenvalue weighted by Gasteiger charge is -2.22. The number of rotatable bonds is 2. The molecule has 0 N–H and O–H groups in total. The Kier molecular flexibility index (Phi) is 3.76. The number of hydrogen-bond acceptors (Lipinski definition) is 4. The monoisotopic (exact) mass is 340 g/mol. The molecular weight excluding hydrogens is 324 g/mol. The summed E-state index contributed by atoms with van der Waals surface area (Å²) in [7, 11) is 0. The van der Waals surface area contributed by atoms with Gasteiger partial charge in [-0.1, -0.05) is 48.2 Å². The SMILES string of the molecule is O=C(c1cccc2ccccc12)N1CC[C@@H](N2C(=O)CSC2=O)C1. The number of hydrogen-bond donors (Lipinski definition) is 0. The van der Waals surface area contributed by atoms with Gasteiger partial charge in [-0.15, -0.1) is 0 Å². The van der Waals surface area contributed by atoms with Gasteiger partial charge in [-0.05, 0) is 23.3 Å². The van der Waals surface area contributed by atoms with Crippen LogP contribution in [0.15, 0.2) is 42.5 Å². The lowest BCUT2D eigenvalue weighted by molar-refractivity contribution is -0.126. The molecule has 0 aromatic heterocycles. The molecule has 2 saturated heterocycles. The third-order valence-electron chi connectivity index (χ3n) is 4.62. The Hall–Kier alpha value is -2.34. The molecule has 0 bridgehead atoms. The molecular formula is C18H16N2O3S. The fourth-order valence-electron chi connectivity index (χ4n) is 3.44. The summed E-state index contributed by atoms with van der Waals surface area (Å²) < 4.78 is 0. The van der Waals surface area contributed by atoms with Crippen molar-refractivity contribution < 1.29 is 14.4 Å². The van der Waals surface area contributed by atoms with Crippen LogP contribution in [-0.4, -0.2) is 51.7 Å². The molecule has 2 heterocycles. The molecule has 5 nitrogen and oxygen atoms in total. The number of amides is 3. The molecule has 0 aliphatic carbocycles. The number of imide groups is 1. The van der Waals surface area contributed by atoms with Gasteiger partial charge in [0.25, 0.3) is 11.1 Å². The van der Waals surface area contributed by atoms with E-state index in [2.05, 4.69) is 0 Å². The highest BCUT2D eigenvalue weighted by Gasteiger charge is 2.40. The van der Waals surface area contributed by atoms with Crippen LogP contribution in [0.25, 0.3) is 10.8 Å². The molecule has 2 aliphatic rings. The van der Waals surface area contributed by atoms with E-state index in [0.29, 0.717) is 25.1 Å². The molecule has 2 fully saturated rings. The number of carbonyl (C=O) groups is 3. The first-order chi connectivity index (χ1) is 11.6. The van der Waals surface area contributed by atoms with Crippen molar-refractivity contribution in [2.24, 2.45) is 0 Å². The van der Waals surface area contributed by atoms with E-state index in [0.717, 1.165) is 22.5 Å². The average Bonchev–Trinajstić information content (AvgIpc) is 3.20. The molecule has 4 rings (SSSR count). The molecule has 122 valence electrons. The topological polar surface area (TPSA) is 57.7 Å². The molecule has 2 aromatic carbocycles. The molecule has 3 amide bonds. The summed E-state index contributed by atoms with van der Waals surface area (Å²) in [5.41, 5.74) is 0.669. The third-order valence-corrected chi connectivity index (χ3v) is 5.46. The van der Waals surface area contributed by atoms with E-state index in [1.165, 1.54) is 4.90 Å². The fourth-order valence-corrected chi connectivity index (χ4v) is 4.21. The normalized spacial score (nSPS) is 21.1. The van der Waals surface area contributed by atoms with Crippen LogP contribution in [0.4, 0.5) is 4.79 Å². The van der Waals surface area contributed by atoms with Crippen LogP contribution >= 0.6 is 11.8 Å². The van der Waals surface area contributed by atoms with Gasteiger partial charge >= 0.3 is 0 Å². The fraction of sp³-hybridized carbons (Fsp3) is 0.278. The summed E-state index contributed by atoms with van der Waals surface area (Å²) >= 11 is 1.04. The van der Waals surface area contributed by atoms with E-state index in [-0.39, 0.29) is 28.8 Å². The lowest BCUT2D eigenvalue weighted by Crippen LogP contribution is -2.41. The number of benzene rings is 2. The molecule has 2 aliphatic heterocycles. The highest BCUT2D eigenvalue weighted by molar-refractivity contribution is 8.14. The maximum absolute atomic E-state index is 12.9. The van der Waals surface area contributed by atoms with Gasteiger partial charge in [0.15, 0.2) is 0 Å². The van der Waals surface area contributed by atoms with Crippen molar-refractivity contribution in [3.05, 3.63) is 48.0 Å². The Balaban J connectivity index is 1.57. The van der Waals surface area contributed by atoms with Crippen molar-refractivity contribution in [1.82, 2.24) is 9.80 Å². The highest BCUT2D eigenvalue weighted by Crippen LogP contribution is 2.28. The minimum atomic E-state index is -0.195. The van der Waals surface area contributed by atoms with Crippen LogP contribution in [0.2, 0.25) is 0 Å². The van der Waals surface area contributed by atoms with Gasteiger partial charge in [0.1, 0.15) is 0 Å². The molecule has 0 spiro atoms. The second kappa shape index (κ2) is 5.94. The quantitative estimate of drug-likeness (QED) is 0.843. The summed E-state index contributed by atoms with van der Waals surface area (Å²) in [6.07, 6.45) is 0.647. The number of likely N-dealkylation sites (tertiary alicyclic amines) is 1. The Bertz CT molecular complexity index is 830. The van der Waals surface area contributed by atoms with Gasteiger partial charge in [-0.3, -0.25) is 19.3 Å². The Morgan fingerprint density at radius 3 is 2.67 bits per heavy atom. The maximum Gasteiger partial charge on any atom is 0.289 e. The summed E-state index contributed by atoms with van der Waals surface area (Å²) in [5.74, 6) is 0.0302. The first kappa shape index (κ1) is 15.2. The van der Waals surface area contributed by atoms with E-state index in [1.807, 2.05) is 42.5 Å². The van der Waals surface area contributed by atoms with Crippen LogP contribution in [0.3, 0.4) is 0 Å². The van der Waals surface area contributed by atoms with Crippen molar-refractivity contribution in [3.8, 4) is 0 Å². The summed E-state index contributed by atoms with van der Waals surface area (Å²) in [6.45, 7) is 0.981. The van der Waals surface area contributed by atoms with E-state index in [9.17, 15) is 14.4 Å². The summed E-state index contributed by atoms with van der Waals surface area (Å²) in [5, 5.41) is 1.77. The van der Waals surface area contributed by atoms with Gasteiger partial charge in [0.2, 0.25) is 5.91 Å². The highest BCUT2D eigenvalue weighted by atomic mass is 32.2. The first-order valence-electron chi connectivity index (χ1n) is 7.91. The second-order valence-electron chi connectivity index (χ2n) is 6.04. The molecule has 0 saturated carbocycles. The minimum absolute atomic E-state index is 0.0407. The van der Waals surface area contributed by atoms with Crippen LogP contribution in [0, 0.1) is 0 Å². The van der Waals surface area contributed by atoms with Gasteiger partial charge in [-0.2, -0.15) is 0 Å². The Morgan fingerprint density at radius 1 is 1.08 bits per heavy atom. The first-order valence-corrected chi connectivity index (χ1v) is 8.89. The smallest absolute Gasteiger partial charge is 0.289 e. The van der Waals surface area contributed by atoms with Crippen molar-refractivity contribution in [3.63, 3.8) is 0 Å². The van der Waals surface area contributed by atoms with Crippen LogP contribution < -0.4 is 0 Å². The zero-order chi connectivity index (χ0) is 16.7. The predicted molar refractivity (Wildman–Crippen MR) is 93.0 cm³/mol. The van der Waals surface area contributed by atoms with Crippen LogP contribution in [0.1, 0.15) is 16.8 Å². The molecule has 24 heavy (non-hydrogen) atoms. The Labute approximate surface area is 143 Å². The van der Waals surface area contributed by atoms with Gasteiger partial charge in [0.05, 0.1) is 11.8 Å². The summed E-state index contributed by atoms with van der Waals surface area (Å²) in [4.78, 5) is 39.7. The van der Waals surface area contributed by atoms with E-state index in [4.69, 9.17) is 0 Å². The third kappa shape index (κ3) is 2.47. The van der Waals surface area contributed by atoms with E-state index < -0.39 is 0 Å². The van der Waals surface area contributed by atoms with Crippen molar-refractivity contribution in [2.75, 3.05) is 18.8 Å². The van der Waals surface area contributed by atoms with Gasteiger partial charge in [-0.25, -0.2) is 0 Å². The summed E-state index contributed by atoms with van der Waals surface area (Å²) in [6, 6.07) is 13.3. The largest absolute Gasteiger partial charge is 0.336 e. The molecule has 2 aromatic rings. The predicted octanol–water partition coefficient (Wildman–Crippen LogP) is 2.75. The number of thioether (sulfide) groups is 1.